The highest BCUT2D eigenvalue weighted by Crippen LogP contribution is 2.27. The predicted octanol–water partition coefficient (Wildman–Crippen LogP) is 0.898. The van der Waals surface area contributed by atoms with E-state index in [1.54, 1.807) is 33.8 Å². The zero-order valence-corrected chi connectivity index (χ0v) is 13.4. The van der Waals surface area contributed by atoms with Gasteiger partial charge in [0.25, 0.3) is 0 Å². The average Bonchev–Trinajstić information content (AvgIpc) is 2.32. The Morgan fingerprint density at radius 2 is 1.86 bits per heavy atom. The van der Waals surface area contributed by atoms with Crippen LogP contribution in [0, 0.1) is 20.8 Å². The van der Waals surface area contributed by atoms with Crippen LogP contribution in [0.2, 0.25) is 0 Å². The molecule has 0 radical (unpaired) electrons. The van der Waals surface area contributed by atoms with E-state index in [4.69, 9.17) is 10.2 Å². The van der Waals surface area contributed by atoms with Gasteiger partial charge in [0.05, 0.1) is 17.9 Å². The molecule has 0 unspecified atom stereocenters. The molecular weight excluding hydrogens is 294 g/mol. The molecule has 7 heteroatoms. The maximum absolute atomic E-state index is 12.4. The molecule has 0 saturated heterocycles. The van der Waals surface area contributed by atoms with E-state index in [2.05, 4.69) is 4.72 Å². The summed E-state index contributed by atoms with van der Waals surface area (Å²) in [5.41, 5.74) is 2.25. The van der Waals surface area contributed by atoms with Crippen LogP contribution in [0.3, 0.4) is 0 Å². The molecule has 118 valence electrons. The van der Waals surface area contributed by atoms with Crippen LogP contribution in [0.4, 0.5) is 0 Å². The summed E-state index contributed by atoms with van der Waals surface area (Å²) < 4.78 is 27.2. The van der Waals surface area contributed by atoms with E-state index in [1.807, 2.05) is 0 Å². The number of carboxylic acid groups (broad SMARTS) is 1. The molecule has 0 amide bonds. The van der Waals surface area contributed by atoms with E-state index in [-0.39, 0.29) is 17.9 Å². The fourth-order valence-electron chi connectivity index (χ4n) is 2.40. The van der Waals surface area contributed by atoms with Crippen molar-refractivity contribution in [3.8, 4) is 0 Å². The van der Waals surface area contributed by atoms with Crippen molar-refractivity contribution in [2.75, 3.05) is 6.61 Å². The molecule has 1 rings (SSSR count). The number of benzene rings is 1. The van der Waals surface area contributed by atoms with Crippen LogP contribution in [-0.4, -0.2) is 37.2 Å². The topological polar surface area (TPSA) is 104 Å². The predicted molar refractivity (Wildman–Crippen MR) is 78.9 cm³/mol. The van der Waals surface area contributed by atoms with E-state index in [1.165, 1.54) is 0 Å². The minimum atomic E-state index is -3.81. The summed E-state index contributed by atoms with van der Waals surface area (Å²) in [7, 11) is -3.81. The highest BCUT2D eigenvalue weighted by molar-refractivity contribution is 7.89. The van der Waals surface area contributed by atoms with Gasteiger partial charge in [0, 0.05) is 6.04 Å². The molecular formula is C14H21NO5S. The molecule has 0 bridgehead atoms. The maximum Gasteiger partial charge on any atom is 0.307 e. The molecule has 0 aliphatic heterocycles. The molecule has 21 heavy (non-hydrogen) atoms. The first-order valence-electron chi connectivity index (χ1n) is 6.54. The first kappa shape index (κ1) is 17.6. The summed E-state index contributed by atoms with van der Waals surface area (Å²) in [4.78, 5) is 11.0. The molecule has 0 aliphatic carbocycles. The Hall–Kier alpha value is -1.44. The summed E-state index contributed by atoms with van der Waals surface area (Å²) >= 11 is 0. The lowest BCUT2D eigenvalue weighted by Crippen LogP contribution is -2.36. The number of hydrogen-bond donors (Lipinski definition) is 3. The number of carbonyl (C=O) groups is 1. The Kier molecular flexibility index (Phi) is 5.49. The Morgan fingerprint density at radius 1 is 1.29 bits per heavy atom. The van der Waals surface area contributed by atoms with Crippen LogP contribution >= 0.6 is 0 Å². The zero-order chi connectivity index (χ0) is 16.4. The van der Waals surface area contributed by atoms with Gasteiger partial charge >= 0.3 is 5.97 Å². The van der Waals surface area contributed by atoms with Crippen LogP contribution < -0.4 is 4.72 Å². The van der Waals surface area contributed by atoms with Gasteiger partial charge in [-0.1, -0.05) is 6.07 Å². The van der Waals surface area contributed by atoms with Crippen molar-refractivity contribution in [3.05, 3.63) is 28.3 Å². The van der Waals surface area contributed by atoms with Gasteiger partial charge in [-0.2, -0.15) is 0 Å². The number of aliphatic carboxylic acids is 1. The highest BCUT2D eigenvalue weighted by atomic mass is 32.2. The van der Waals surface area contributed by atoms with Crippen LogP contribution in [0.25, 0.3) is 0 Å². The average molecular weight is 315 g/mol. The van der Waals surface area contributed by atoms with Gasteiger partial charge < -0.3 is 10.2 Å². The number of hydrogen-bond acceptors (Lipinski definition) is 4. The van der Waals surface area contributed by atoms with Crippen molar-refractivity contribution in [2.24, 2.45) is 0 Å². The highest BCUT2D eigenvalue weighted by Gasteiger charge is 2.24. The lowest BCUT2D eigenvalue weighted by molar-refractivity contribution is -0.136. The smallest absolute Gasteiger partial charge is 0.307 e. The molecule has 1 atom stereocenters. The maximum atomic E-state index is 12.4. The van der Waals surface area contributed by atoms with Crippen molar-refractivity contribution >= 4 is 16.0 Å². The summed E-state index contributed by atoms with van der Waals surface area (Å²) in [6.07, 6.45) is -0.226. The van der Waals surface area contributed by atoms with E-state index < -0.39 is 22.0 Å². The largest absolute Gasteiger partial charge is 0.481 e. The molecule has 1 aromatic rings. The number of carboxylic acids is 1. The van der Waals surface area contributed by atoms with Crippen molar-refractivity contribution in [3.63, 3.8) is 0 Å². The fraction of sp³-hybridized carbons (Fsp3) is 0.500. The van der Waals surface area contributed by atoms with Crippen LogP contribution in [0.1, 0.15) is 29.2 Å². The third kappa shape index (κ3) is 4.03. The normalized spacial score (nSPS) is 13.2. The summed E-state index contributed by atoms with van der Waals surface area (Å²) in [6.45, 7) is 6.28. The number of nitrogens with one attached hydrogen (secondary N) is 1. The standard InChI is InChI=1S/C14H21NO5S/c1-8-5-9(2)14(11(4)12(8)6-13(17)18)21(19,20)15-10(3)7-16/h5,10,15-16H,6-7H2,1-4H3,(H,17,18)/t10-/m0/s1. The fourth-order valence-corrected chi connectivity index (χ4v) is 4.13. The second kappa shape index (κ2) is 6.55. The first-order chi connectivity index (χ1) is 9.60. The van der Waals surface area contributed by atoms with E-state index in [9.17, 15) is 13.2 Å². The number of rotatable bonds is 6. The molecule has 0 aromatic heterocycles. The van der Waals surface area contributed by atoms with E-state index >= 15 is 0 Å². The summed E-state index contributed by atoms with van der Waals surface area (Å²) in [6, 6.07) is 1.06. The quantitative estimate of drug-likeness (QED) is 0.723. The second-order valence-electron chi connectivity index (χ2n) is 5.22. The number of aryl methyl sites for hydroxylation is 2. The Morgan fingerprint density at radius 3 is 2.33 bits per heavy atom. The monoisotopic (exact) mass is 315 g/mol. The Bertz CT molecular complexity index is 652. The van der Waals surface area contributed by atoms with Crippen molar-refractivity contribution in [1.29, 1.82) is 0 Å². The van der Waals surface area contributed by atoms with Crippen molar-refractivity contribution in [1.82, 2.24) is 4.72 Å². The third-order valence-corrected chi connectivity index (χ3v) is 5.17. The van der Waals surface area contributed by atoms with Gasteiger partial charge in [-0.15, -0.1) is 0 Å². The number of sulfonamides is 1. The van der Waals surface area contributed by atoms with Gasteiger partial charge in [0.15, 0.2) is 0 Å². The Balaban J connectivity index is 3.46. The first-order valence-corrected chi connectivity index (χ1v) is 8.03. The SMILES string of the molecule is Cc1cc(C)c(S(=O)(=O)N[C@@H](C)CO)c(C)c1CC(=O)O. The van der Waals surface area contributed by atoms with Gasteiger partial charge in [-0.25, -0.2) is 13.1 Å². The molecule has 1 aromatic carbocycles. The van der Waals surface area contributed by atoms with Gasteiger partial charge in [-0.3, -0.25) is 4.79 Å². The zero-order valence-electron chi connectivity index (χ0n) is 12.6. The van der Waals surface area contributed by atoms with Crippen LogP contribution in [0.15, 0.2) is 11.0 Å². The van der Waals surface area contributed by atoms with E-state index in [0.717, 1.165) is 5.56 Å². The summed E-state index contributed by atoms with van der Waals surface area (Å²) in [5.74, 6) is -1.01. The van der Waals surface area contributed by atoms with E-state index in [0.29, 0.717) is 16.7 Å². The lowest BCUT2D eigenvalue weighted by Gasteiger charge is -2.19. The molecule has 6 nitrogen and oxygen atoms in total. The molecule has 0 heterocycles. The van der Waals surface area contributed by atoms with Gasteiger partial charge in [0.2, 0.25) is 10.0 Å². The van der Waals surface area contributed by atoms with Crippen LogP contribution in [0.5, 0.6) is 0 Å². The van der Waals surface area contributed by atoms with Crippen molar-refractivity contribution < 1.29 is 23.4 Å². The summed E-state index contributed by atoms with van der Waals surface area (Å²) in [5, 5.41) is 18.0. The molecule has 3 N–H and O–H groups in total. The van der Waals surface area contributed by atoms with Crippen molar-refractivity contribution in [2.45, 2.75) is 45.1 Å². The lowest BCUT2D eigenvalue weighted by atomic mass is 9.97. The van der Waals surface area contributed by atoms with Gasteiger partial charge in [-0.05, 0) is 49.9 Å². The Labute approximate surface area is 124 Å². The second-order valence-corrected chi connectivity index (χ2v) is 6.87. The minimum absolute atomic E-state index is 0.0876. The molecule has 0 aliphatic rings. The van der Waals surface area contributed by atoms with Crippen LogP contribution in [-0.2, 0) is 21.2 Å². The number of aliphatic hydroxyl groups is 1. The van der Waals surface area contributed by atoms with Gasteiger partial charge in [0.1, 0.15) is 0 Å². The minimum Gasteiger partial charge on any atom is -0.481 e. The molecule has 0 saturated carbocycles. The number of aliphatic hydroxyl groups excluding tert-OH is 1. The third-order valence-electron chi connectivity index (χ3n) is 3.29. The molecule has 0 fully saturated rings. The molecule has 0 spiro atoms.